The normalized spacial score (nSPS) is 21.0. The number of carbonyl (C=O) groups excluding carboxylic acids is 1. The lowest BCUT2D eigenvalue weighted by Gasteiger charge is -2.32. The van der Waals surface area contributed by atoms with E-state index in [2.05, 4.69) is 10.2 Å². The Hall–Kier alpha value is -4.41. The lowest BCUT2D eigenvalue weighted by atomic mass is 9.86. The van der Waals surface area contributed by atoms with Crippen LogP contribution in [0.1, 0.15) is 102 Å². The molecule has 308 valence electrons. The highest BCUT2D eigenvalue weighted by Gasteiger charge is 2.32. The number of anilines is 1. The molecule has 57 heavy (non-hydrogen) atoms. The number of halogens is 4. The molecule has 3 fully saturated rings. The molecule has 10 heteroatoms. The van der Waals surface area contributed by atoms with Gasteiger partial charge in [-0.1, -0.05) is 68.5 Å². The van der Waals surface area contributed by atoms with Gasteiger partial charge >= 0.3 is 6.18 Å². The predicted octanol–water partition coefficient (Wildman–Crippen LogP) is 11.7. The summed E-state index contributed by atoms with van der Waals surface area (Å²) >= 11 is 0. The molecule has 0 bridgehead atoms. The molecule has 2 aromatic carbocycles. The quantitative estimate of drug-likeness (QED) is 0.0603. The van der Waals surface area contributed by atoms with Crippen molar-refractivity contribution in [1.29, 1.82) is 0 Å². The van der Waals surface area contributed by atoms with Crippen LogP contribution in [-0.4, -0.2) is 73.5 Å². The highest BCUT2D eigenvalue weighted by Crippen LogP contribution is 2.42. The van der Waals surface area contributed by atoms with E-state index in [9.17, 15) is 18.0 Å². The summed E-state index contributed by atoms with van der Waals surface area (Å²) in [5.74, 6) is 0.239. The van der Waals surface area contributed by atoms with Crippen molar-refractivity contribution >= 4 is 28.6 Å². The molecule has 0 radical (unpaired) electrons. The van der Waals surface area contributed by atoms with E-state index in [4.69, 9.17) is 9.47 Å². The number of rotatable bonds is 16. The van der Waals surface area contributed by atoms with E-state index in [-0.39, 0.29) is 29.4 Å². The van der Waals surface area contributed by atoms with E-state index >= 15 is 4.39 Å². The molecule has 5 rings (SSSR count). The number of carbonyl (C=O) groups is 1. The molecule has 0 aliphatic carbocycles. The smallest absolute Gasteiger partial charge is 0.393 e. The van der Waals surface area contributed by atoms with Crippen LogP contribution in [0.3, 0.4) is 0 Å². The van der Waals surface area contributed by atoms with Gasteiger partial charge in [0.2, 0.25) is 5.91 Å². The second-order valence-electron chi connectivity index (χ2n) is 14.9. The summed E-state index contributed by atoms with van der Waals surface area (Å²) in [5, 5.41) is 3.35. The fourth-order valence-corrected chi connectivity index (χ4v) is 7.70. The van der Waals surface area contributed by atoms with Gasteiger partial charge in [-0.15, -0.1) is 0 Å². The number of likely N-dealkylation sites (tertiary alicyclic amines) is 2. The Morgan fingerprint density at radius 3 is 2.37 bits per heavy atom. The zero-order valence-electron chi connectivity index (χ0n) is 33.8. The summed E-state index contributed by atoms with van der Waals surface area (Å²) in [7, 11) is 0. The van der Waals surface area contributed by atoms with Gasteiger partial charge in [0, 0.05) is 50.1 Å². The maximum atomic E-state index is 15.9. The Labute approximate surface area is 336 Å². The zero-order valence-corrected chi connectivity index (χ0v) is 33.8. The second-order valence-corrected chi connectivity index (χ2v) is 14.9. The average Bonchev–Trinajstić information content (AvgIpc) is 3.75. The molecule has 3 saturated heterocycles. The fourth-order valence-electron chi connectivity index (χ4n) is 7.70. The highest BCUT2D eigenvalue weighted by atomic mass is 19.4. The number of hydrogen-bond donors (Lipinski definition) is 1. The van der Waals surface area contributed by atoms with E-state index in [0.717, 1.165) is 64.6 Å². The van der Waals surface area contributed by atoms with Gasteiger partial charge in [-0.05, 0) is 129 Å². The lowest BCUT2D eigenvalue weighted by Crippen LogP contribution is -2.39. The van der Waals surface area contributed by atoms with Gasteiger partial charge in [0.25, 0.3) is 0 Å². The summed E-state index contributed by atoms with van der Waals surface area (Å²) in [6.07, 6.45) is 14.2. The van der Waals surface area contributed by atoms with Crippen LogP contribution in [0.5, 0.6) is 0 Å². The third-order valence-corrected chi connectivity index (χ3v) is 10.5. The molecule has 0 aromatic heterocycles. The molecule has 2 unspecified atom stereocenters. The molecule has 3 aliphatic heterocycles. The third kappa shape index (κ3) is 13.3. The number of benzene rings is 2. The monoisotopic (exact) mass is 789 g/mol. The number of allylic oxidation sites excluding steroid dienone is 8. The molecule has 0 spiro atoms. The van der Waals surface area contributed by atoms with Crippen LogP contribution in [-0.2, 0) is 14.3 Å². The Kier molecular flexibility index (Phi) is 16.8. The molecule has 0 saturated carbocycles. The number of nitrogens with zero attached hydrogens (tertiary/aromatic N) is 2. The Morgan fingerprint density at radius 2 is 1.68 bits per heavy atom. The summed E-state index contributed by atoms with van der Waals surface area (Å²) in [6, 6.07) is 13.8. The first-order chi connectivity index (χ1) is 27.6. The van der Waals surface area contributed by atoms with Crippen LogP contribution in [0.15, 0.2) is 102 Å². The van der Waals surface area contributed by atoms with Crippen molar-refractivity contribution in [2.45, 2.75) is 103 Å². The average molecular weight is 790 g/mol. The van der Waals surface area contributed by atoms with Gasteiger partial charge in [0.05, 0.1) is 6.42 Å². The molecule has 1 N–H and O–H groups in total. The lowest BCUT2D eigenvalue weighted by molar-refractivity contribution is -0.125. The first-order valence-corrected chi connectivity index (χ1v) is 20.7. The number of hydrogen-bond acceptors (Lipinski definition) is 5. The number of nitrogens with one attached hydrogen (secondary N) is 1. The fraction of sp³-hybridized carbons (Fsp3) is 0.468. The van der Waals surface area contributed by atoms with Crippen molar-refractivity contribution in [2.75, 3.05) is 44.6 Å². The molecule has 6 nitrogen and oxygen atoms in total. The predicted molar refractivity (Wildman–Crippen MR) is 224 cm³/mol. The van der Waals surface area contributed by atoms with Crippen molar-refractivity contribution in [3.05, 3.63) is 119 Å². The van der Waals surface area contributed by atoms with Gasteiger partial charge in [-0.3, -0.25) is 9.69 Å². The van der Waals surface area contributed by atoms with Crippen LogP contribution < -0.4 is 5.32 Å². The van der Waals surface area contributed by atoms with Crippen molar-refractivity contribution in [3.8, 4) is 0 Å². The molecule has 2 aromatic rings. The number of ether oxygens (including phenoxy) is 2. The second kappa shape index (κ2) is 21.9. The standard InChI is InChI=1S/C47H59F4N3O3/c1-4-16-38(57-39-20-14-27-53(34-39)28-15-22-45(55)54-29-11-12-30-54)25-23-35(6-3)46(41(33-47(49,50)51)36-18-8-7-9-19-36)37-24-26-43(40(32-37)42(48)17-5-2)52-44-21-10-13-31-56-44/h6-9,15-19,22-26,32,39,44,52H,4-5,10-14,20-21,27-31,33-34H2,1-3H3/b22-15+,25-23-,35-6+,38-16-,42-17-,46-41+. The van der Waals surface area contributed by atoms with Crippen molar-refractivity contribution < 1.29 is 31.8 Å². The van der Waals surface area contributed by atoms with Gasteiger partial charge in [-0.2, -0.15) is 13.2 Å². The summed E-state index contributed by atoms with van der Waals surface area (Å²) in [5.41, 5.74) is 2.68. The Balaban J connectivity index is 1.48. The Bertz CT molecular complexity index is 1800. The Morgan fingerprint density at radius 1 is 0.912 bits per heavy atom. The summed E-state index contributed by atoms with van der Waals surface area (Å²) < 4.78 is 72.0. The molecule has 1 amide bonds. The molecule has 3 heterocycles. The van der Waals surface area contributed by atoms with E-state index < -0.39 is 18.4 Å². The summed E-state index contributed by atoms with van der Waals surface area (Å²) in [6.45, 7) is 10.1. The molecule has 2 atom stereocenters. The van der Waals surface area contributed by atoms with Crippen LogP contribution in [0.25, 0.3) is 17.0 Å². The van der Waals surface area contributed by atoms with E-state index in [1.54, 1.807) is 67.6 Å². The third-order valence-electron chi connectivity index (χ3n) is 10.5. The van der Waals surface area contributed by atoms with Gasteiger partial charge in [0.1, 0.15) is 23.9 Å². The van der Waals surface area contributed by atoms with Gasteiger partial charge < -0.3 is 19.7 Å². The van der Waals surface area contributed by atoms with Crippen molar-refractivity contribution in [1.82, 2.24) is 9.80 Å². The molecular formula is C47H59F4N3O3. The first kappa shape index (κ1) is 43.7. The van der Waals surface area contributed by atoms with E-state index in [0.29, 0.717) is 66.3 Å². The molecule has 3 aliphatic rings. The van der Waals surface area contributed by atoms with Gasteiger partial charge in [-0.25, -0.2) is 4.39 Å². The van der Waals surface area contributed by atoms with Crippen LogP contribution in [0, 0.1) is 0 Å². The first-order valence-electron chi connectivity index (χ1n) is 20.7. The minimum atomic E-state index is -4.52. The minimum absolute atomic E-state index is 0.0647. The highest BCUT2D eigenvalue weighted by molar-refractivity contribution is 6.00. The van der Waals surface area contributed by atoms with Crippen molar-refractivity contribution in [2.24, 2.45) is 0 Å². The minimum Gasteiger partial charge on any atom is -0.489 e. The SMILES string of the molecule is C/C=C(\C=C/C(=C/CC)OC1CCCN(C/C=C/C(=O)N2CCCC2)C1)C(=C(/CC(F)(F)F)c1ccccc1)/c1ccc(NC2CCCCO2)c(/C(F)=C/CC)c1. The van der Waals surface area contributed by atoms with Crippen LogP contribution in [0.4, 0.5) is 23.2 Å². The van der Waals surface area contributed by atoms with Crippen LogP contribution >= 0.6 is 0 Å². The van der Waals surface area contributed by atoms with Gasteiger partial charge in [0.15, 0.2) is 0 Å². The topological polar surface area (TPSA) is 54.0 Å². The molecular weight excluding hydrogens is 731 g/mol. The van der Waals surface area contributed by atoms with E-state index in [1.807, 2.05) is 43.1 Å². The number of alkyl halides is 3. The number of amides is 1. The van der Waals surface area contributed by atoms with E-state index in [1.165, 1.54) is 6.08 Å². The maximum Gasteiger partial charge on any atom is 0.393 e. The largest absolute Gasteiger partial charge is 0.489 e. The zero-order chi connectivity index (χ0) is 40.6. The number of piperidine rings is 1. The summed E-state index contributed by atoms with van der Waals surface area (Å²) in [4.78, 5) is 16.7. The van der Waals surface area contributed by atoms with Crippen molar-refractivity contribution in [3.63, 3.8) is 0 Å². The maximum absolute atomic E-state index is 15.9. The van der Waals surface area contributed by atoms with Crippen LogP contribution in [0.2, 0.25) is 0 Å².